The fraction of sp³-hybridized carbons (Fsp3) is 0.533. The Morgan fingerprint density at radius 1 is 1.43 bits per heavy atom. The lowest BCUT2D eigenvalue weighted by molar-refractivity contribution is -0.384. The minimum absolute atomic E-state index is 0.0176. The Balaban J connectivity index is 2.79. The van der Waals surface area contributed by atoms with Gasteiger partial charge < -0.3 is 10.2 Å². The van der Waals surface area contributed by atoms with Crippen molar-refractivity contribution >= 4 is 11.6 Å². The molecule has 0 fully saturated rings. The lowest BCUT2D eigenvalue weighted by Crippen LogP contribution is -2.37. The molecule has 0 aromatic heterocycles. The molecule has 0 saturated carbocycles. The number of nitro benzene ring substituents is 1. The van der Waals surface area contributed by atoms with Gasteiger partial charge in [0.25, 0.3) is 5.69 Å². The molecule has 1 N–H and O–H groups in total. The largest absolute Gasteiger partial charge is 0.345 e. The van der Waals surface area contributed by atoms with Crippen LogP contribution in [-0.2, 0) is 4.79 Å². The number of hydrogen-bond acceptors (Lipinski definition) is 4. The molecular weight excluding hydrogens is 270 g/mol. The number of nitro groups is 1. The Morgan fingerprint density at radius 3 is 2.71 bits per heavy atom. The third-order valence-corrected chi connectivity index (χ3v) is 3.46. The normalized spacial score (nSPS) is 12.0. The highest BCUT2D eigenvalue weighted by atomic mass is 16.6. The van der Waals surface area contributed by atoms with Crippen molar-refractivity contribution in [2.75, 3.05) is 20.1 Å². The summed E-state index contributed by atoms with van der Waals surface area (Å²) in [5, 5.41) is 14.1. The summed E-state index contributed by atoms with van der Waals surface area (Å²) in [6.45, 7) is 4.86. The molecule has 0 aliphatic rings. The van der Waals surface area contributed by atoms with Crippen LogP contribution >= 0.6 is 0 Å². The average Bonchev–Trinajstić information content (AvgIpc) is 2.50. The van der Waals surface area contributed by atoms with Gasteiger partial charge in [0, 0.05) is 31.8 Å². The SMILES string of the molecule is CCCC(NCC(=O)N(C)CC)c1cccc([N+](=O)[O-])c1. The highest BCUT2D eigenvalue weighted by Crippen LogP contribution is 2.22. The lowest BCUT2D eigenvalue weighted by atomic mass is 10.0. The summed E-state index contributed by atoms with van der Waals surface area (Å²) in [4.78, 5) is 23.9. The molecule has 21 heavy (non-hydrogen) atoms. The third kappa shape index (κ3) is 5.15. The second-order valence-corrected chi connectivity index (χ2v) is 4.98. The van der Waals surface area contributed by atoms with E-state index >= 15 is 0 Å². The summed E-state index contributed by atoms with van der Waals surface area (Å²) in [7, 11) is 1.76. The predicted octanol–water partition coefficient (Wildman–Crippen LogP) is 2.50. The third-order valence-electron chi connectivity index (χ3n) is 3.46. The van der Waals surface area contributed by atoms with Gasteiger partial charge in [-0.2, -0.15) is 0 Å². The molecule has 0 bridgehead atoms. The van der Waals surface area contributed by atoms with Gasteiger partial charge in [0.1, 0.15) is 0 Å². The number of nitrogens with zero attached hydrogens (tertiary/aromatic N) is 2. The summed E-state index contributed by atoms with van der Waals surface area (Å²) in [5.41, 5.74) is 0.922. The number of carbonyl (C=O) groups excluding carboxylic acids is 1. The Morgan fingerprint density at radius 2 is 2.14 bits per heavy atom. The fourth-order valence-corrected chi connectivity index (χ4v) is 2.05. The van der Waals surface area contributed by atoms with Crippen molar-refractivity contribution in [3.8, 4) is 0 Å². The van der Waals surface area contributed by atoms with Crippen molar-refractivity contribution < 1.29 is 9.72 Å². The first-order chi connectivity index (χ1) is 9.99. The van der Waals surface area contributed by atoms with Crippen molar-refractivity contribution in [2.24, 2.45) is 0 Å². The minimum Gasteiger partial charge on any atom is -0.345 e. The van der Waals surface area contributed by atoms with E-state index in [0.29, 0.717) is 6.54 Å². The Labute approximate surface area is 125 Å². The van der Waals surface area contributed by atoms with Crippen LogP contribution in [0.15, 0.2) is 24.3 Å². The van der Waals surface area contributed by atoms with Crippen LogP contribution in [0.3, 0.4) is 0 Å². The van der Waals surface area contributed by atoms with Gasteiger partial charge >= 0.3 is 0 Å². The Hall–Kier alpha value is -1.95. The molecule has 1 aromatic carbocycles. The fourth-order valence-electron chi connectivity index (χ4n) is 2.05. The van der Waals surface area contributed by atoms with Crippen LogP contribution in [0.1, 0.15) is 38.3 Å². The molecule has 0 saturated heterocycles. The van der Waals surface area contributed by atoms with Crippen LogP contribution in [0.2, 0.25) is 0 Å². The highest BCUT2D eigenvalue weighted by Gasteiger charge is 2.16. The number of amides is 1. The smallest absolute Gasteiger partial charge is 0.269 e. The summed E-state index contributed by atoms with van der Waals surface area (Å²) < 4.78 is 0. The minimum atomic E-state index is -0.400. The van der Waals surface area contributed by atoms with Gasteiger partial charge in [-0.15, -0.1) is 0 Å². The molecule has 6 heteroatoms. The molecule has 6 nitrogen and oxygen atoms in total. The topological polar surface area (TPSA) is 75.5 Å². The number of carbonyl (C=O) groups is 1. The van der Waals surface area contributed by atoms with Crippen molar-refractivity contribution in [1.29, 1.82) is 0 Å². The quantitative estimate of drug-likeness (QED) is 0.590. The number of non-ortho nitro benzene ring substituents is 1. The van der Waals surface area contributed by atoms with E-state index < -0.39 is 4.92 Å². The predicted molar refractivity (Wildman–Crippen MR) is 82.1 cm³/mol. The molecule has 0 spiro atoms. The van der Waals surface area contributed by atoms with Gasteiger partial charge in [-0.1, -0.05) is 25.5 Å². The Kier molecular flexibility index (Phi) is 6.81. The molecule has 1 aromatic rings. The monoisotopic (exact) mass is 293 g/mol. The molecule has 1 atom stereocenters. The number of benzene rings is 1. The molecule has 0 aliphatic carbocycles. The first-order valence-corrected chi connectivity index (χ1v) is 7.21. The molecule has 0 radical (unpaired) electrons. The molecule has 0 aliphatic heterocycles. The first-order valence-electron chi connectivity index (χ1n) is 7.21. The van der Waals surface area contributed by atoms with Gasteiger partial charge in [-0.25, -0.2) is 0 Å². The number of likely N-dealkylation sites (N-methyl/N-ethyl adjacent to an activating group) is 1. The molecule has 1 amide bonds. The summed E-state index contributed by atoms with van der Waals surface area (Å²) in [5.74, 6) is 0.0176. The second-order valence-electron chi connectivity index (χ2n) is 4.98. The molecule has 116 valence electrons. The van der Waals surface area contributed by atoms with Crippen molar-refractivity contribution in [3.05, 3.63) is 39.9 Å². The zero-order valence-corrected chi connectivity index (χ0v) is 12.8. The lowest BCUT2D eigenvalue weighted by Gasteiger charge is -2.21. The van der Waals surface area contributed by atoms with Gasteiger partial charge in [0.2, 0.25) is 5.91 Å². The van der Waals surface area contributed by atoms with Crippen molar-refractivity contribution in [3.63, 3.8) is 0 Å². The number of hydrogen-bond donors (Lipinski definition) is 1. The standard InChI is InChI=1S/C15H23N3O3/c1-4-7-14(16-11-15(19)17(3)5-2)12-8-6-9-13(10-12)18(20)21/h6,8-10,14,16H,4-5,7,11H2,1-3H3. The van der Waals surface area contributed by atoms with Crippen molar-refractivity contribution in [1.82, 2.24) is 10.2 Å². The highest BCUT2D eigenvalue weighted by molar-refractivity contribution is 5.77. The van der Waals surface area contributed by atoms with Crippen LogP contribution in [-0.4, -0.2) is 35.9 Å². The summed E-state index contributed by atoms with van der Waals surface area (Å²) in [6, 6.07) is 6.53. The summed E-state index contributed by atoms with van der Waals surface area (Å²) >= 11 is 0. The second kappa shape index (κ2) is 8.36. The van der Waals surface area contributed by atoms with E-state index in [0.717, 1.165) is 18.4 Å². The summed E-state index contributed by atoms with van der Waals surface area (Å²) in [6.07, 6.45) is 1.75. The van der Waals surface area contributed by atoms with E-state index in [2.05, 4.69) is 5.32 Å². The van der Waals surface area contributed by atoms with Crippen LogP contribution in [0.5, 0.6) is 0 Å². The van der Waals surface area contributed by atoms with Crippen LogP contribution < -0.4 is 5.32 Å². The van der Waals surface area contributed by atoms with E-state index in [1.165, 1.54) is 6.07 Å². The van der Waals surface area contributed by atoms with E-state index in [1.807, 2.05) is 19.9 Å². The molecular formula is C15H23N3O3. The maximum atomic E-state index is 11.8. The van der Waals surface area contributed by atoms with E-state index in [1.54, 1.807) is 24.1 Å². The van der Waals surface area contributed by atoms with E-state index in [9.17, 15) is 14.9 Å². The van der Waals surface area contributed by atoms with E-state index in [-0.39, 0.29) is 24.2 Å². The Bertz CT molecular complexity index is 491. The maximum Gasteiger partial charge on any atom is 0.269 e. The molecule has 1 rings (SSSR count). The van der Waals surface area contributed by atoms with Gasteiger partial charge in [-0.05, 0) is 18.9 Å². The van der Waals surface area contributed by atoms with Gasteiger partial charge in [0.15, 0.2) is 0 Å². The van der Waals surface area contributed by atoms with E-state index in [4.69, 9.17) is 0 Å². The van der Waals surface area contributed by atoms with Crippen LogP contribution in [0.4, 0.5) is 5.69 Å². The van der Waals surface area contributed by atoms with Crippen LogP contribution in [0, 0.1) is 10.1 Å². The average molecular weight is 293 g/mol. The number of rotatable bonds is 8. The number of nitrogens with one attached hydrogen (secondary N) is 1. The van der Waals surface area contributed by atoms with Gasteiger partial charge in [0.05, 0.1) is 11.5 Å². The maximum absolute atomic E-state index is 11.8. The molecule has 0 heterocycles. The van der Waals surface area contributed by atoms with Gasteiger partial charge in [-0.3, -0.25) is 14.9 Å². The zero-order chi connectivity index (χ0) is 15.8. The van der Waals surface area contributed by atoms with Crippen LogP contribution in [0.25, 0.3) is 0 Å². The van der Waals surface area contributed by atoms with Crippen molar-refractivity contribution in [2.45, 2.75) is 32.7 Å². The first kappa shape index (κ1) is 17.1. The zero-order valence-electron chi connectivity index (χ0n) is 12.8. The molecule has 1 unspecified atom stereocenters.